The molecule has 0 aliphatic heterocycles. The maximum absolute atomic E-state index is 11.2. The van der Waals surface area contributed by atoms with Crippen LogP contribution in [0.5, 0.6) is 0 Å². The zero-order chi connectivity index (χ0) is 10.6. The number of nitriles is 1. The molecule has 14 heavy (non-hydrogen) atoms. The Morgan fingerprint density at radius 3 is 3.00 bits per heavy atom. The van der Waals surface area contributed by atoms with Crippen LogP contribution in [-0.2, 0) is 4.74 Å². The monoisotopic (exact) mass is 210 g/mol. The van der Waals surface area contributed by atoms with Crippen molar-refractivity contribution >= 4 is 17.6 Å². The largest absolute Gasteiger partial charge is 0.461 e. The van der Waals surface area contributed by atoms with E-state index in [4.69, 9.17) is 21.6 Å². The Kier molecular flexibility index (Phi) is 3.43. The zero-order valence-corrected chi connectivity index (χ0v) is 8.21. The average molecular weight is 211 g/mol. The van der Waals surface area contributed by atoms with E-state index in [-0.39, 0.29) is 18.0 Å². The SMILES string of the molecule is CCOC(=O)c1cc(Cl)cc(C#N)n1. The van der Waals surface area contributed by atoms with E-state index in [0.29, 0.717) is 5.02 Å². The van der Waals surface area contributed by atoms with Crippen LogP contribution in [0.1, 0.15) is 23.1 Å². The van der Waals surface area contributed by atoms with Gasteiger partial charge >= 0.3 is 5.97 Å². The van der Waals surface area contributed by atoms with Gasteiger partial charge in [-0.25, -0.2) is 9.78 Å². The third-order valence-electron chi connectivity index (χ3n) is 1.39. The number of esters is 1. The predicted molar refractivity (Wildman–Crippen MR) is 49.9 cm³/mol. The van der Waals surface area contributed by atoms with Gasteiger partial charge in [-0.05, 0) is 19.1 Å². The quantitative estimate of drug-likeness (QED) is 0.698. The molecule has 0 atom stereocenters. The Morgan fingerprint density at radius 1 is 1.71 bits per heavy atom. The summed E-state index contributed by atoms with van der Waals surface area (Å²) in [5, 5.41) is 8.87. The number of carbonyl (C=O) groups is 1. The van der Waals surface area contributed by atoms with Crippen molar-refractivity contribution < 1.29 is 9.53 Å². The topological polar surface area (TPSA) is 63.0 Å². The summed E-state index contributed by atoms with van der Waals surface area (Å²) in [5.74, 6) is -0.577. The summed E-state index contributed by atoms with van der Waals surface area (Å²) >= 11 is 5.67. The van der Waals surface area contributed by atoms with E-state index in [1.165, 1.54) is 12.1 Å². The van der Waals surface area contributed by atoms with E-state index >= 15 is 0 Å². The first-order chi connectivity index (χ1) is 6.67. The minimum atomic E-state index is -0.577. The Morgan fingerprint density at radius 2 is 2.43 bits per heavy atom. The first kappa shape index (κ1) is 10.5. The first-order valence-electron chi connectivity index (χ1n) is 3.92. The highest BCUT2D eigenvalue weighted by Crippen LogP contribution is 2.12. The highest BCUT2D eigenvalue weighted by atomic mass is 35.5. The van der Waals surface area contributed by atoms with Crippen LogP contribution in [0.25, 0.3) is 0 Å². The fraction of sp³-hybridized carbons (Fsp3) is 0.222. The smallest absolute Gasteiger partial charge is 0.357 e. The molecule has 0 unspecified atom stereocenters. The number of rotatable bonds is 2. The van der Waals surface area contributed by atoms with Crippen LogP contribution in [0.3, 0.4) is 0 Å². The molecule has 4 nitrogen and oxygen atoms in total. The minimum absolute atomic E-state index is 0.0518. The van der Waals surface area contributed by atoms with Gasteiger partial charge in [0.1, 0.15) is 11.8 Å². The minimum Gasteiger partial charge on any atom is -0.461 e. The van der Waals surface area contributed by atoms with E-state index in [2.05, 4.69) is 4.98 Å². The molecular formula is C9H7ClN2O2. The van der Waals surface area contributed by atoms with Crippen molar-refractivity contribution in [2.75, 3.05) is 6.61 Å². The molecule has 0 radical (unpaired) electrons. The number of hydrogen-bond acceptors (Lipinski definition) is 4. The van der Waals surface area contributed by atoms with Crippen molar-refractivity contribution in [2.45, 2.75) is 6.92 Å². The van der Waals surface area contributed by atoms with Gasteiger partial charge in [-0.1, -0.05) is 11.6 Å². The van der Waals surface area contributed by atoms with Gasteiger partial charge in [0, 0.05) is 5.02 Å². The van der Waals surface area contributed by atoms with E-state index in [1.54, 1.807) is 13.0 Å². The Bertz CT molecular complexity index is 398. The summed E-state index contributed by atoms with van der Waals surface area (Å²) in [6.07, 6.45) is 0. The van der Waals surface area contributed by atoms with Crippen molar-refractivity contribution in [2.24, 2.45) is 0 Å². The summed E-state index contributed by atoms with van der Waals surface area (Å²) < 4.78 is 4.71. The fourth-order valence-corrected chi connectivity index (χ4v) is 1.07. The van der Waals surface area contributed by atoms with Crippen LogP contribution in [0, 0.1) is 11.3 Å². The molecule has 0 saturated heterocycles. The van der Waals surface area contributed by atoms with Crippen molar-refractivity contribution in [3.8, 4) is 6.07 Å². The second-order valence-electron chi connectivity index (χ2n) is 2.39. The van der Waals surface area contributed by atoms with Crippen LogP contribution in [0.15, 0.2) is 12.1 Å². The van der Waals surface area contributed by atoms with Crippen LogP contribution in [0.4, 0.5) is 0 Å². The first-order valence-corrected chi connectivity index (χ1v) is 4.30. The van der Waals surface area contributed by atoms with Gasteiger partial charge in [-0.3, -0.25) is 0 Å². The lowest BCUT2D eigenvalue weighted by Crippen LogP contribution is -2.07. The zero-order valence-electron chi connectivity index (χ0n) is 7.45. The number of hydrogen-bond donors (Lipinski definition) is 0. The number of halogens is 1. The van der Waals surface area contributed by atoms with Gasteiger partial charge in [-0.2, -0.15) is 5.26 Å². The summed E-state index contributed by atoms with van der Waals surface area (Å²) in [6.45, 7) is 1.95. The number of aromatic nitrogens is 1. The van der Waals surface area contributed by atoms with Gasteiger partial charge in [0.15, 0.2) is 5.69 Å². The molecule has 72 valence electrons. The van der Waals surface area contributed by atoms with E-state index in [0.717, 1.165) is 0 Å². The molecule has 0 aliphatic rings. The van der Waals surface area contributed by atoms with Gasteiger partial charge < -0.3 is 4.74 Å². The van der Waals surface area contributed by atoms with Gasteiger partial charge in [0.2, 0.25) is 0 Å². The molecule has 1 aromatic heterocycles. The maximum atomic E-state index is 11.2. The molecular weight excluding hydrogens is 204 g/mol. The third kappa shape index (κ3) is 2.44. The van der Waals surface area contributed by atoms with E-state index in [9.17, 15) is 4.79 Å². The van der Waals surface area contributed by atoms with Crippen LogP contribution in [0.2, 0.25) is 5.02 Å². The van der Waals surface area contributed by atoms with E-state index < -0.39 is 5.97 Å². The summed E-state index contributed by atoms with van der Waals surface area (Å²) in [6, 6.07) is 4.54. The Labute approximate surface area is 86.1 Å². The average Bonchev–Trinajstić information content (AvgIpc) is 2.17. The molecule has 0 saturated carbocycles. The van der Waals surface area contributed by atoms with Crippen molar-refractivity contribution in [1.29, 1.82) is 5.26 Å². The summed E-state index contributed by atoms with van der Waals surface area (Å²) in [5.41, 5.74) is 0.149. The molecule has 0 amide bonds. The number of nitrogens with zero attached hydrogens (tertiary/aromatic N) is 2. The molecule has 0 bridgehead atoms. The summed E-state index contributed by atoms with van der Waals surface area (Å²) in [4.78, 5) is 15.0. The lowest BCUT2D eigenvalue weighted by Gasteiger charge is -2.01. The molecule has 1 heterocycles. The number of carbonyl (C=O) groups excluding carboxylic acids is 1. The Hall–Kier alpha value is -1.60. The standard InChI is InChI=1S/C9H7ClN2O2/c1-2-14-9(13)8-4-6(10)3-7(5-11)12-8/h3-4H,2H2,1H3. The van der Waals surface area contributed by atoms with Crippen LogP contribution >= 0.6 is 11.6 Å². The Balaban J connectivity index is 3.04. The molecule has 1 rings (SSSR count). The van der Waals surface area contributed by atoms with Gasteiger partial charge in [0.25, 0.3) is 0 Å². The number of ether oxygens (including phenoxy) is 1. The highest BCUT2D eigenvalue weighted by Gasteiger charge is 2.10. The molecule has 1 aromatic rings. The second kappa shape index (κ2) is 4.58. The van der Waals surface area contributed by atoms with Gasteiger partial charge in [0.05, 0.1) is 6.61 Å². The molecule has 5 heteroatoms. The molecule has 0 fully saturated rings. The maximum Gasteiger partial charge on any atom is 0.357 e. The molecule has 0 spiro atoms. The lowest BCUT2D eigenvalue weighted by atomic mass is 10.3. The molecule has 0 aromatic carbocycles. The normalized spacial score (nSPS) is 9.21. The predicted octanol–water partition coefficient (Wildman–Crippen LogP) is 1.78. The fourth-order valence-electron chi connectivity index (χ4n) is 0.864. The molecule has 0 N–H and O–H groups in total. The van der Waals surface area contributed by atoms with Crippen molar-refractivity contribution in [1.82, 2.24) is 4.98 Å². The number of pyridine rings is 1. The summed E-state index contributed by atoms with van der Waals surface area (Å²) in [7, 11) is 0. The van der Waals surface area contributed by atoms with Gasteiger partial charge in [-0.15, -0.1) is 0 Å². The van der Waals surface area contributed by atoms with Crippen LogP contribution < -0.4 is 0 Å². The van der Waals surface area contributed by atoms with Crippen molar-refractivity contribution in [3.05, 3.63) is 28.5 Å². The molecule has 0 aliphatic carbocycles. The third-order valence-corrected chi connectivity index (χ3v) is 1.61. The highest BCUT2D eigenvalue weighted by molar-refractivity contribution is 6.30. The second-order valence-corrected chi connectivity index (χ2v) is 2.82. The van der Waals surface area contributed by atoms with Crippen molar-refractivity contribution in [3.63, 3.8) is 0 Å². The van der Waals surface area contributed by atoms with E-state index in [1.807, 2.05) is 0 Å². The van der Waals surface area contributed by atoms with Crippen LogP contribution in [-0.4, -0.2) is 17.6 Å². The lowest BCUT2D eigenvalue weighted by molar-refractivity contribution is 0.0519.